The van der Waals surface area contributed by atoms with Crippen molar-refractivity contribution < 1.29 is 0 Å². The van der Waals surface area contributed by atoms with E-state index in [-0.39, 0.29) is 6.04 Å². The summed E-state index contributed by atoms with van der Waals surface area (Å²) < 4.78 is 1.37. The Balaban J connectivity index is 2.63. The number of aryl methyl sites for hydroxylation is 2. The lowest BCUT2D eigenvalue weighted by molar-refractivity contribution is 0.710. The Bertz CT molecular complexity index is 320. The minimum absolute atomic E-state index is 0.284. The van der Waals surface area contributed by atoms with Gasteiger partial charge in [0.2, 0.25) is 0 Å². The molecule has 2 heteroatoms. The van der Waals surface area contributed by atoms with Crippen LogP contribution in [0.4, 0.5) is 0 Å². The minimum Gasteiger partial charge on any atom is -0.324 e. The van der Waals surface area contributed by atoms with Crippen LogP contribution in [0.3, 0.4) is 0 Å². The summed E-state index contributed by atoms with van der Waals surface area (Å²) in [6.07, 6.45) is 2.28. The highest BCUT2D eigenvalue weighted by atomic mass is 127. The highest BCUT2D eigenvalue weighted by Crippen LogP contribution is 2.34. The van der Waals surface area contributed by atoms with Gasteiger partial charge in [-0.25, -0.2) is 0 Å². The third-order valence-electron chi connectivity index (χ3n) is 2.56. The van der Waals surface area contributed by atoms with Crippen molar-refractivity contribution in [1.82, 2.24) is 0 Å². The zero-order valence-electron chi connectivity index (χ0n) is 7.10. The van der Waals surface area contributed by atoms with Gasteiger partial charge in [-0.2, -0.15) is 0 Å². The Kier molecular flexibility index (Phi) is 2.12. The summed E-state index contributed by atoms with van der Waals surface area (Å²) in [4.78, 5) is 0. The number of hydrogen-bond donors (Lipinski definition) is 1. The molecule has 64 valence electrons. The molecule has 1 nitrogen and oxygen atoms in total. The molecule has 0 saturated carbocycles. The summed E-state index contributed by atoms with van der Waals surface area (Å²) in [5.41, 5.74) is 10.2. The molecule has 0 spiro atoms. The molecule has 0 radical (unpaired) electrons. The molecule has 0 aromatic heterocycles. The van der Waals surface area contributed by atoms with Gasteiger partial charge in [0, 0.05) is 9.61 Å². The van der Waals surface area contributed by atoms with Crippen LogP contribution in [0.2, 0.25) is 0 Å². The van der Waals surface area contributed by atoms with E-state index < -0.39 is 0 Å². The van der Waals surface area contributed by atoms with Crippen LogP contribution in [0, 0.1) is 10.5 Å². The lowest BCUT2D eigenvalue weighted by Crippen LogP contribution is -2.07. The van der Waals surface area contributed by atoms with Gasteiger partial charge in [0.25, 0.3) is 0 Å². The molecule has 2 N–H and O–H groups in total. The number of halogens is 1. The van der Waals surface area contributed by atoms with Crippen molar-refractivity contribution in [1.29, 1.82) is 0 Å². The molecule has 0 heterocycles. The average Bonchev–Trinajstić information content (AvgIpc) is 2.41. The van der Waals surface area contributed by atoms with Gasteiger partial charge in [-0.05, 0) is 59.0 Å². The van der Waals surface area contributed by atoms with Crippen molar-refractivity contribution in [2.75, 3.05) is 0 Å². The summed E-state index contributed by atoms with van der Waals surface area (Å²) in [6.45, 7) is 2.15. The number of fused-ring (bicyclic) bond motifs is 1. The van der Waals surface area contributed by atoms with Crippen molar-refractivity contribution in [3.05, 3.63) is 32.4 Å². The van der Waals surface area contributed by atoms with Crippen LogP contribution in [0.1, 0.15) is 29.2 Å². The second-order valence-electron chi connectivity index (χ2n) is 3.41. The Morgan fingerprint density at radius 1 is 1.50 bits per heavy atom. The highest BCUT2D eigenvalue weighted by molar-refractivity contribution is 14.1. The number of hydrogen-bond acceptors (Lipinski definition) is 1. The zero-order valence-corrected chi connectivity index (χ0v) is 9.26. The summed E-state index contributed by atoms with van der Waals surface area (Å²) >= 11 is 2.41. The molecule has 1 unspecified atom stereocenters. The second-order valence-corrected chi connectivity index (χ2v) is 4.49. The zero-order chi connectivity index (χ0) is 8.72. The standard InChI is InChI=1S/C10H12IN/c1-6-2-3-7-4-5-8(12)9(7)10(6)11/h2-3,8H,4-5,12H2,1H3. The highest BCUT2D eigenvalue weighted by Gasteiger charge is 2.21. The van der Waals surface area contributed by atoms with Crippen LogP contribution in [0.5, 0.6) is 0 Å². The van der Waals surface area contributed by atoms with Crippen LogP contribution < -0.4 is 5.73 Å². The lowest BCUT2D eigenvalue weighted by Gasteiger charge is -2.09. The molecule has 0 fully saturated rings. The predicted molar refractivity (Wildman–Crippen MR) is 59.1 cm³/mol. The Labute approximate surface area is 86.5 Å². The first kappa shape index (κ1) is 8.51. The SMILES string of the molecule is Cc1ccc2c(c1I)C(N)CC2. The smallest absolute Gasteiger partial charge is 0.0311 e. The Hall–Kier alpha value is -0.0900. The fourth-order valence-corrected chi connectivity index (χ4v) is 2.74. The monoisotopic (exact) mass is 273 g/mol. The topological polar surface area (TPSA) is 26.0 Å². The molecular formula is C10H12IN. The van der Waals surface area contributed by atoms with E-state index in [1.54, 1.807) is 0 Å². The predicted octanol–water partition coefficient (Wildman–Crippen LogP) is 2.55. The van der Waals surface area contributed by atoms with Crippen molar-refractivity contribution in [2.45, 2.75) is 25.8 Å². The first-order chi connectivity index (χ1) is 5.70. The van der Waals surface area contributed by atoms with Crippen LogP contribution in [0.25, 0.3) is 0 Å². The summed E-state index contributed by atoms with van der Waals surface area (Å²) in [7, 11) is 0. The van der Waals surface area contributed by atoms with Gasteiger partial charge in [-0.1, -0.05) is 12.1 Å². The van der Waals surface area contributed by atoms with Gasteiger partial charge in [-0.15, -0.1) is 0 Å². The molecule has 1 atom stereocenters. The third kappa shape index (κ3) is 1.17. The van der Waals surface area contributed by atoms with Crippen LogP contribution in [0.15, 0.2) is 12.1 Å². The molecule has 1 aliphatic carbocycles. The van der Waals surface area contributed by atoms with E-state index in [1.165, 1.54) is 20.3 Å². The number of benzene rings is 1. The normalized spacial score (nSPS) is 21.1. The first-order valence-corrected chi connectivity index (χ1v) is 5.31. The fraction of sp³-hybridized carbons (Fsp3) is 0.400. The molecule has 12 heavy (non-hydrogen) atoms. The number of nitrogens with two attached hydrogens (primary N) is 1. The summed E-state index contributed by atoms with van der Waals surface area (Å²) in [5.74, 6) is 0. The van der Waals surface area contributed by atoms with Gasteiger partial charge in [0.15, 0.2) is 0 Å². The molecular weight excluding hydrogens is 261 g/mol. The molecule has 1 aliphatic rings. The maximum Gasteiger partial charge on any atom is 0.0311 e. The van der Waals surface area contributed by atoms with E-state index in [9.17, 15) is 0 Å². The van der Waals surface area contributed by atoms with Gasteiger partial charge < -0.3 is 5.73 Å². The van der Waals surface area contributed by atoms with Gasteiger partial charge in [-0.3, -0.25) is 0 Å². The van der Waals surface area contributed by atoms with E-state index in [4.69, 9.17) is 5.73 Å². The average molecular weight is 273 g/mol. The molecule has 0 bridgehead atoms. The molecule has 2 rings (SSSR count). The Morgan fingerprint density at radius 2 is 2.25 bits per heavy atom. The van der Waals surface area contributed by atoms with Gasteiger partial charge in [0.05, 0.1) is 0 Å². The molecule has 0 saturated heterocycles. The first-order valence-electron chi connectivity index (χ1n) is 4.23. The van der Waals surface area contributed by atoms with Gasteiger partial charge in [0.1, 0.15) is 0 Å². The number of rotatable bonds is 0. The minimum atomic E-state index is 0.284. The van der Waals surface area contributed by atoms with Crippen LogP contribution >= 0.6 is 22.6 Å². The van der Waals surface area contributed by atoms with Crippen molar-refractivity contribution >= 4 is 22.6 Å². The maximum atomic E-state index is 6.01. The van der Waals surface area contributed by atoms with E-state index >= 15 is 0 Å². The quantitative estimate of drug-likeness (QED) is 0.722. The largest absolute Gasteiger partial charge is 0.324 e. The molecule has 1 aromatic carbocycles. The third-order valence-corrected chi connectivity index (χ3v) is 3.99. The summed E-state index contributed by atoms with van der Waals surface area (Å²) in [6, 6.07) is 4.70. The fourth-order valence-electron chi connectivity index (χ4n) is 1.82. The molecule has 0 amide bonds. The Morgan fingerprint density at radius 3 is 3.00 bits per heavy atom. The van der Waals surface area contributed by atoms with Crippen molar-refractivity contribution in [3.63, 3.8) is 0 Å². The van der Waals surface area contributed by atoms with E-state index in [0.29, 0.717) is 0 Å². The molecule has 1 aromatic rings. The molecule has 0 aliphatic heterocycles. The van der Waals surface area contributed by atoms with E-state index in [0.717, 1.165) is 12.8 Å². The van der Waals surface area contributed by atoms with Crippen molar-refractivity contribution in [3.8, 4) is 0 Å². The summed E-state index contributed by atoms with van der Waals surface area (Å²) in [5, 5.41) is 0. The van der Waals surface area contributed by atoms with Gasteiger partial charge >= 0.3 is 0 Å². The maximum absolute atomic E-state index is 6.01. The van der Waals surface area contributed by atoms with Crippen molar-refractivity contribution in [2.24, 2.45) is 5.73 Å². The van der Waals surface area contributed by atoms with E-state index in [2.05, 4.69) is 41.6 Å². The van der Waals surface area contributed by atoms with E-state index in [1.807, 2.05) is 0 Å². The lowest BCUT2D eigenvalue weighted by atomic mass is 10.1. The van der Waals surface area contributed by atoms with Crippen LogP contribution in [-0.4, -0.2) is 0 Å². The second kappa shape index (κ2) is 3.00. The van der Waals surface area contributed by atoms with Crippen LogP contribution in [-0.2, 0) is 6.42 Å².